The van der Waals surface area contributed by atoms with Crippen molar-refractivity contribution in [3.05, 3.63) is 65.2 Å². The summed E-state index contributed by atoms with van der Waals surface area (Å²) in [5.74, 6) is 1.77. The van der Waals surface area contributed by atoms with Gasteiger partial charge in [-0.15, -0.1) is 0 Å². The van der Waals surface area contributed by atoms with Gasteiger partial charge in [-0.3, -0.25) is 4.79 Å². The number of nitrogens with two attached hydrogens (primary N) is 1. The quantitative estimate of drug-likeness (QED) is 0.472. The van der Waals surface area contributed by atoms with Crippen LogP contribution in [0.1, 0.15) is 21.5 Å². The standard InChI is InChI=1S/C21H18N6OS/c22-18(28)14-8-4-7-13-16(14)27-29-17(13)21-25-19-15(9-10-23-19)20(26-21)24-11-12-5-2-1-3-6-12/h1-8H,9-11H2,(H2,22,28)(H2,23,24,25,26). The van der Waals surface area contributed by atoms with E-state index in [1.807, 2.05) is 24.3 Å². The molecule has 5 rings (SSSR count). The van der Waals surface area contributed by atoms with E-state index in [1.54, 1.807) is 12.1 Å². The fraction of sp³-hybridized carbons (Fsp3) is 0.143. The van der Waals surface area contributed by atoms with Crippen LogP contribution in [0, 0.1) is 0 Å². The van der Waals surface area contributed by atoms with Crippen molar-refractivity contribution in [3.8, 4) is 10.7 Å². The number of hydrogen-bond acceptors (Lipinski definition) is 7. The summed E-state index contributed by atoms with van der Waals surface area (Å²) >= 11 is 1.28. The van der Waals surface area contributed by atoms with Crippen molar-refractivity contribution in [2.75, 3.05) is 17.2 Å². The van der Waals surface area contributed by atoms with Crippen molar-refractivity contribution >= 4 is 40.0 Å². The Morgan fingerprint density at radius 1 is 1.14 bits per heavy atom. The van der Waals surface area contributed by atoms with Crippen molar-refractivity contribution < 1.29 is 4.79 Å². The number of rotatable bonds is 5. The predicted molar refractivity (Wildman–Crippen MR) is 115 cm³/mol. The third-order valence-corrected chi connectivity index (χ3v) is 5.81. The number of primary amides is 1. The zero-order valence-electron chi connectivity index (χ0n) is 15.5. The Morgan fingerprint density at radius 3 is 2.83 bits per heavy atom. The number of benzene rings is 2. The van der Waals surface area contributed by atoms with Crippen LogP contribution in [0.15, 0.2) is 48.5 Å². The Bertz CT molecular complexity index is 1220. The number of anilines is 2. The number of hydrogen-bond donors (Lipinski definition) is 3. The van der Waals surface area contributed by atoms with Crippen molar-refractivity contribution in [3.63, 3.8) is 0 Å². The van der Waals surface area contributed by atoms with Gasteiger partial charge in [-0.1, -0.05) is 42.5 Å². The maximum atomic E-state index is 11.7. The van der Waals surface area contributed by atoms with E-state index in [-0.39, 0.29) is 0 Å². The van der Waals surface area contributed by atoms with Gasteiger partial charge in [0.15, 0.2) is 5.82 Å². The molecule has 8 heteroatoms. The molecule has 2 aromatic carbocycles. The van der Waals surface area contributed by atoms with Crippen LogP contribution in [-0.2, 0) is 13.0 Å². The molecule has 144 valence electrons. The lowest BCUT2D eigenvalue weighted by Gasteiger charge is -2.11. The highest BCUT2D eigenvalue weighted by atomic mass is 32.1. The van der Waals surface area contributed by atoms with Crippen LogP contribution >= 0.6 is 11.5 Å². The molecule has 0 aliphatic carbocycles. The Kier molecular flexibility index (Phi) is 4.33. The van der Waals surface area contributed by atoms with Gasteiger partial charge in [0, 0.05) is 24.0 Å². The number of nitrogens with one attached hydrogen (secondary N) is 2. The van der Waals surface area contributed by atoms with Gasteiger partial charge < -0.3 is 16.4 Å². The van der Waals surface area contributed by atoms with Crippen LogP contribution in [0.2, 0.25) is 0 Å². The maximum Gasteiger partial charge on any atom is 0.250 e. The molecule has 0 saturated carbocycles. The van der Waals surface area contributed by atoms with Crippen LogP contribution in [0.25, 0.3) is 21.6 Å². The molecule has 4 aromatic rings. The number of nitrogens with zero attached hydrogens (tertiary/aromatic N) is 3. The van der Waals surface area contributed by atoms with Crippen molar-refractivity contribution in [2.24, 2.45) is 5.73 Å². The summed E-state index contributed by atoms with van der Waals surface area (Å²) in [5.41, 5.74) is 8.77. The van der Waals surface area contributed by atoms with Gasteiger partial charge in [0.25, 0.3) is 5.91 Å². The van der Waals surface area contributed by atoms with E-state index < -0.39 is 5.91 Å². The first kappa shape index (κ1) is 17.6. The second-order valence-corrected chi connectivity index (χ2v) is 7.59. The van der Waals surface area contributed by atoms with Gasteiger partial charge >= 0.3 is 0 Å². The minimum atomic E-state index is -0.491. The first-order chi connectivity index (χ1) is 14.2. The monoisotopic (exact) mass is 402 g/mol. The first-order valence-corrected chi connectivity index (χ1v) is 10.1. The Labute approximate surface area is 171 Å². The smallest absolute Gasteiger partial charge is 0.250 e. The van der Waals surface area contributed by atoms with Crippen molar-refractivity contribution in [1.29, 1.82) is 0 Å². The number of amides is 1. The molecule has 0 unspecified atom stereocenters. The summed E-state index contributed by atoms with van der Waals surface area (Å²) < 4.78 is 4.45. The minimum absolute atomic E-state index is 0.409. The number of carbonyl (C=O) groups is 1. The third-order valence-electron chi connectivity index (χ3n) is 4.95. The summed E-state index contributed by atoms with van der Waals surface area (Å²) in [6, 6.07) is 15.6. The van der Waals surface area contributed by atoms with E-state index >= 15 is 0 Å². The molecule has 1 aliphatic rings. The molecule has 0 saturated heterocycles. The predicted octanol–water partition coefficient (Wildman–Crippen LogP) is 3.43. The zero-order valence-corrected chi connectivity index (χ0v) is 16.3. The average molecular weight is 402 g/mol. The number of fused-ring (bicyclic) bond motifs is 2. The summed E-state index contributed by atoms with van der Waals surface area (Å²) in [6.07, 6.45) is 0.877. The van der Waals surface area contributed by atoms with Gasteiger partial charge in [0.1, 0.15) is 16.5 Å². The van der Waals surface area contributed by atoms with E-state index in [0.717, 1.165) is 40.4 Å². The van der Waals surface area contributed by atoms with Gasteiger partial charge in [0.2, 0.25) is 0 Å². The fourth-order valence-electron chi connectivity index (χ4n) is 3.53. The highest BCUT2D eigenvalue weighted by Gasteiger charge is 2.22. The van der Waals surface area contributed by atoms with Crippen molar-refractivity contribution in [1.82, 2.24) is 14.3 Å². The molecule has 7 nitrogen and oxygen atoms in total. The lowest BCUT2D eigenvalue weighted by molar-refractivity contribution is 0.100. The van der Waals surface area contributed by atoms with Crippen LogP contribution in [0.4, 0.5) is 11.6 Å². The van der Waals surface area contributed by atoms with Crippen LogP contribution in [0.3, 0.4) is 0 Å². The first-order valence-electron chi connectivity index (χ1n) is 9.32. The minimum Gasteiger partial charge on any atom is -0.369 e. The van der Waals surface area contributed by atoms with E-state index in [2.05, 4.69) is 27.1 Å². The highest BCUT2D eigenvalue weighted by molar-refractivity contribution is 7.11. The molecule has 4 N–H and O–H groups in total. The van der Waals surface area contributed by atoms with E-state index in [1.165, 1.54) is 17.1 Å². The Hall–Kier alpha value is -3.52. The maximum absolute atomic E-state index is 11.7. The average Bonchev–Trinajstić information content (AvgIpc) is 3.39. The van der Waals surface area contributed by atoms with Gasteiger partial charge in [0.05, 0.1) is 11.1 Å². The summed E-state index contributed by atoms with van der Waals surface area (Å²) in [6.45, 7) is 1.52. The SMILES string of the molecule is NC(=O)c1cccc2c(-c3nc4c(c(NCc5ccccc5)n3)CCN4)snc12. The van der Waals surface area contributed by atoms with E-state index in [0.29, 0.717) is 23.4 Å². The molecule has 1 aliphatic heterocycles. The Morgan fingerprint density at radius 2 is 2.00 bits per heavy atom. The summed E-state index contributed by atoms with van der Waals surface area (Å²) in [7, 11) is 0. The molecule has 1 amide bonds. The van der Waals surface area contributed by atoms with Crippen molar-refractivity contribution in [2.45, 2.75) is 13.0 Å². The summed E-state index contributed by atoms with van der Waals surface area (Å²) in [4.78, 5) is 22.1. The number of aromatic nitrogens is 3. The van der Waals surface area contributed by atoms with Gasteiger partial charge in [-0.25, -0.2) is 9.97 Å². The van der Waals surface area contributed by atoms with Crippen LogP contribution in [0.5, 0.6) is 0 Å². The number of carbonyl (C=O) groups excluding carboxylic acids is 1. The van der Waals surface area contributed by atoms with Gasteiger partial charge in [-0.2, -0.15) is 4.37 Å². The fourth-order valence-corrected chi connectivity index (χ4v) is 4.34. The molecule has 0 spiro atoms. The molecule has 0 radical (unpaired) electrons. The topological polar surface area (TPSA) is 106 Å². The zero-order chi connectivity index (χ0) is 19.8. The van der Waals surface area contributed by atoms with E-state index in [9.17, 15) is 4.79 Å². The van der Waals surface area contributed by atoms with E-state index in [4.69, 9.17) is 15.7 Å². The molecule has 0 bridgehead atoms. The Balaban J connectivity index is 1.57. The largest absolute Gasteiger partial charge is 0.369 e. The second kappa shape index (κ2) is 7.14. The third kappa shape index (κ3) is 3.17. The lowest BCUT2D eigenvalue weighted by atomic mass is 10.1. The van der Waals surface area contributed by atoms with Crippen LogP contribution < -0.4 is 16.4 Å². The molecule has 2 aromatic heterocycles. The summed E-state index contributed by atoms with van der Waals surface area (Å²) in [5, 5.41) is 7.63. The molecule has 29 heavy (non-hydrogen) atoms. The lowest BCUT2D eigenvalue weighted by Crippen LogP contribution is -2.11. The molecule has 3 heterocycles. The molecular weight excluding hydrogens is 384 g/mol. The molecular formula is C21H18N6OS. The second-order valence-electron chi connectivity index (χ2n) is 6.82. The van der Waals surface area contributed by atoms with Gasteiger partial charge in [-0.05, 0) is 29.6 Å². The highest BCUT2D eigenvalue weighted by Crippen LogP contribution is 2.36. The normalized spacial score (nSPS) is 12.6. The molecule has 0 fully saturated rings. The van der Waals surface area contributed by atoms with Crippen LogP contribution in [-0.4, -0.2) is 26.8 Å². The molecule has 0 atom stereocenters.